The summed E-state index contributed by atoms with van der Waals surface area (Å²) >= 11 is 0. The fourth-order valence-electron chi connectivity index (χ4n) is 3.87. The molecule has 2 saturated carbocycles. The molecule has 0 radical (unpaired) electrons. The molecule has 90 valence electrons. The quantitative estimate of drug-likeness (QED) is 0.497. The summed E-state index contributed by atoms with van der Waals surface area (Å²) in [7, 11) is 0. The fraction of sp³-hybridized carbons (Fsp3) is 1.00. The fourth-order valence-corrected chi connectivity index (χ4v) is 3.87. The van der Waals surface area contributed by atoms with E-state index < -0.39 is 0 Å². The molecule has 15 heavy (non-hydrogen) atoms. The van der Waals surface area contributed by atoms with Gasteiger partial charge in [0.05, 0.1) is 0 Å². The van der Waals surface area contributed by atoms with Crippen LogP contribution in [-0.4, -0.2) is 0 Å². The highest BCUT2D eigenvalue weighted by molar-refractivity contribution is 4.96. The molecule has 0 spiro atoms. The SMILES string of the molecule is C.CC1(C2(C)CCCC2)CCCCCC1. The molecule has 0 aliphatic heterocycles. The summed E-state index contributed by atoms with van der Waals surface area (Å²) in [5, 5.41) is 0. The zero-order valence-electron chi connectivity index (χ0n) is 10.1. The van der Waals surface area contributed by atoms with Gasteiger partial charge >= 0.3 is 0 Å². The molecule has 2 rings (SSSR count). The lowest BCUT2D eigenvalue weighted by atomic mass is 9.61. The first-order chi connectivity index (χ1) is 6.66. The van der Waals surface area contributed by atoms with Crippen molar-refractivity contribution in [2.24, 2.45) is 10.8 Å². The maximum absolute atomic E-state index is 2.59. The van der Waals surface area contributed by atoms with Crippen molar-refractivity contribution in [1.29, 1.82) is 0 Å². The Balaban J connectivity index is 0.00000112. The first-order valence-electron chi connectivity index (χ1n) is 6.66. The van der Waals surface area contributed by atoms with Crippen LogP contribution in [0, 0.1) is 10.8 Å². The van der Waals surface area contributed by atoms with Gasteiger partial charge in [0.2, 0.25) is 0 Å². The van der Waals surface area contributed by atoms with E-state index in [-0.39, 0.29) is 7.43 Å². The van der Waals surface area contributed by atoms with Crippen LogP contribution < -0.4 is 0 Å². The van der Waals surface area contributed by atoms with Crippen molar-refractivity contribution >= 4 is 0 Å². The van der Waals surface area contributed by atoms with Gasteiger partial charge in [0, 0.05) is 0 Å². The molecule has 2 aliphatic rings. The lowest BCUT2D eigenvalue weighted by Crippen LogP contribution is -2.35. The van der Waals surface area contributed by atoms with Gasteiger partial charge in [-0.3, -0.25) is 0 Å². The highest BCUT2D eigenvalue weighted by Crippen LogP contribution is 2.56. The van der Waals surface area contributed by atoms with Crippen LogP contribution in [-0.2, 0) is 0 Å². The zero-order chi connectivity index (χ0) is 10.1. The molecule has 0 aromatic carbocycles. The second-order valence-electron chi connectivity index (χ2n) is 6.24. The van der Waals surface area contributed by atoms with Gasteiger partial charge in [-0.15, -0.1) is 0 Å². The minimum atomic E-state index is 0. The summed E-state index contributed by atoms with van der Waals surface area (Å²) in [6.45, 7) is 5.16. The van der Waals surface area contributed by atoms with Crippen LogP contribution in [0.1, 0.15) is 85.5 Å². The topological polar surface area (TPSA) is 0 Å². The number of hydrogen-bond acceptors (Lipinski definition) is 0. The maximum atomic E-state index is 2.59. The second-order valence-corrected chi connectivity index (χ2v) is 6.24. The van der Waals surface area contributed by atoms with E-state index in [1.165, 1.54) is 64.2 Å². The molecule has 2 aliphatic carbocycles. The predicted octanol–water partition coefficient (Wildman–Crippen LogP) is 5.56. The van der Waals surface area contributed by atoms with Crippen LogP contribution in [0.3, 0.4) is 0 Å². The van der Waals surface area contributed by atoms with E-state index in [4.69, 9.17) is 0 Å². The third kappa shape index (κ3) is 2.40. The molecule has 0 heterocycles. The van der Waals surface area contributed by atoms with Gasteiger partial charge in [-0.05, 0) is 36.5 Å². The van der Waals surface area contributed by atoms with Crippen LogP contribution in [0.4, 0.5) is 0 Å². The molecule has 0 aromatic heterocycles. The lowest BCUT2D eigenvalue weighted by Gasteiger charge is -2.44. The van der Waals surface area contributed by atoms with Gasteiger partial charge in [-0.25, -0.2) is 0 Å². The lowest BCUT2D eigenvalue weighted by molar-refractivity contribution is 0.0572. The Labute approximate surface area is 96.8 Å². The van der Waals surface area contributed by atoms with Crippen molar-refractivity contribution in [3.8, 4) is 0 Å². The summed E-state index contributed by atoms with van der Waals surface area (Å²) in [4.78, 5) is 0. The van der Waals surface area contributed by atoms with Crippen molar-refractivity contribution in [2.75, 3.05) is 0 Å². The highest BCUT2D eigenvalue weighted by atomic mass is 14.5. The van der Waals surface area contributed by atoms with Gasteiger partial charge < -0.3 is 0 Å². The Morgan fingerprint density at radius 2 is 0.800 bits per heavy atom. The van der Waals surface area contributed by atoms with Gasteiger partial charge in [0.1, 0.15) is 0 Å². The first-order valence-corrected chi connectivity index (χ1v) is 6.66. The molecule has 2 fully saturated rings. The third-order valence-electron chi connectivity index (χ3n) is 5.37. The molecule has 0 aromatic rings. The Bertz CT molecular complexity index is 178. The average molecular weight is 210 g/mol. The molecular weight excluding hydrogens is 180 g/mol. The zero-order valence-corrected chi connectivity index (χ0v) is 10.1. The molecule has 0 unspecified atom stereocenters. The Kier molecular flexibility index (Phi) is 4.26. The minimum Gasteiger partial charge on any atom is -0.0776 e. The predicted molar refractivity (Wildman–Crippen MR) is 69.1 cm³/mol. The Hall–Kier alpha value is 0. The molecule has 0 bridgehead atoms. The van der Waals surface area contributed by atoms with E-state index in [0.29, 0.717) is 10.8 Å². The summed E-state index contributed by atoms with van der Waals surface area (Å²) < 4.78 is 0. The van der Waals surface area contributed by atoms with Crippen molar-refractivity contribution in [3.05, 3.63) is 0 Å². The minimum absolute atomic E-state index is 0. The molecule has 0 N–H and O–H groups in total. The summed E-state index contributed by atoms with van der Waals surface area (Å²) in [6, 6.07) is 0. The van der Waals surface area contributed by atoms with Crippen LogP contribution >= 0.6 is 0 Å². The van der Waals surface area contributed by atoms with Crippen LogP contribution in [0.25, 0.3) is 0 Å². The van der Waals surface area contributed by atoms with Gasteiger partial charge in [-0.2, -0.15) is 0 Å². The van der Waals surface area contributed by atoms with Gasteiger partial charge in [-0.1, -0.05) is 59.8 Å². The van der Waals surface area contributed by atoms with Crippen molar-refractivity contribution in [1.82, 2.24) is 0 Å². The Morgan fingerprint density at radius 3 is 1.13 bits per heavy atom. The van der Waals surface area contributed by atoms with Gasteiger partial charge in [0.15, 0.2) is 0 Å². The average Bonchev–Trinajstić information content (AvgIpc) is 2.48. The van der Waals surface area contributed by atoms with Crippen molar-refractivity contribution in [2.45, 2.75) is 85.5 Å². The molecule has 0 nitrogen and oxygen atoms in total. The number of hydrogen-bond donors (Lipinski definition) is 0. The largest absolute Gasteiger partial charge is 0.0776 e. The smallest absolute Gasteiger partial charge is 0.0272 e. The molecule has 0 saturated heterocycles. The van der Waals surface area contributed by atoms with Crippen molar-refractivity contribution < 1.29 is 0 Å². The van der Waals surface area contributed by atoms with E-state index >= 15 is 0 Å². The van der Waals surface area contributed by atoms with E-state index in [0.717, 1.165) is 0 Å². The second kappa shape index (κ2) is 4.89. The molecular formula is C15H30. The van der Waals surface area contributed by atoms with E-state index in [1.807, 2.05) is 0 Å². The maximum Gasteiger partial charge on any atom is -0.0272 e. The van der Waals surface area contributed by atoms with Crippen LogP contribution in [0.15, 0.2) is 0 Å². The summed E-state index contributed by atoms with van der Waals surface area (Å²) in [5.74, 6) is 0. The van der Waals surface area contributed by atoms with Crippen LogP contribution in [0.5, 0.6) is 0 Å². The number of rotatable bonds is 1. The van der Waals surface area contributed by atoms with Crippen LogP contribution in [0.2, 0.25) is 0 Å². The molecule has 0 amide bonds. The molecule has 0 heteroatoms. The van der Waals surface area contributed by atoms with E-state index in [9.17, 15) is 0 Å². The summed E-state index contributed by atoms with van der Waals surface area (Å²) in [6.07, 6.45) is 15.0. The Morgan fingerprint density at radius 1 is 0.533 bits per heavy atom. The monoisotopic (exact) mass is 210 g/mol. The highest BCUT2D eigenvalue weighted by Gasteiger charge is 2.45. The van der Waals surface area contributed by atoms with E-state index in [2.05, 4.69) is 13.8 Å². The van der Waals surface area contributed by atoms with E-state index in [1.54, 1.807) is 0 Å². The van der Waals surface area contributed by atoms with Crippen molar-refractivity contribution in [3.63, 3.8) is 0 Å². The normalized spacial score (nSPS) is 29.2. The standard InChI is InChI=1S/C14H26.CH4/c1-13(9-5-3-4-6-10-13)14(2)11-7-8-12-14;/h3-12H2,1-2H3;1H4. The summed E-state index contributed by atoms with van der Waals surface area (Å²) in [5.41, 5.74) is 1.37. The third-order valence-corrected chi connectivity index (χ3v) is 5.37. The first kappa shape index (κ1) is 13.1. The molecule has 0 atom stereocenters. The van der Waals surface area contributed by atoms with Gasteiger partial charge in [0.25, 0.3) is 0 Å².